The number of ketones is 1. The molecule has 0 bridgehead atoms. The highest BCUT2D eigenvalue weighted by Gasteiger charge is 2.35. The van der Waals surface area contributed by atoms with Gasteiger partial charge in [-0.15, -0.1) is 0 Å². The van der Waals surface area contributed by atoms with Crippen molar-refractivity contribution < 1.29 is 27.5 Å². The first kappa shape index (κ1) is 32.6. The van der Waals surface area contributed by atoms with Crippen LogP contribution in [0.1, 0.15) is 71.0 Å². The number of fused-ring (bicyclic) bond motifs is 2. The van der Waals surface area contributed by atoms with Gasteiger partial charge in [-0.25, -0.2) is 9.97 Å². The molecule has 0 radical (unpaired) electrons. The lowest BCUT2D eigenvalue weighted by Crippen LogP contribution is -2.44. The number of amides is 1. The Morgan fingerprint density at radius 1 is 1.04 bits per heavy atom. The lowest BCUT2D eigenvalue weighted by atomic mass is 9.92. The number of pyridine rings is 1. The summed E-state index contributed by atoms with van der Waals surface area (Å²) in [7, 11) is 2.01. The van der Waals surface area contributed by atoms with Gasteiger partial charge in [-0.3, -0.25) is 19.5 Å². The molecule has 1 atom stereocenters. The monoisotopic (exact) mass is 649 g/mol. The molecule has 5 heterocycles. The molecule has 1 saturated heterocycles. The van der Waals surface area contributed by atoms with E-state index in [1.165, 1.54) is 12.4 Å². The van der Waals surface area contributed by atoms with E-state index in [1.807, 2.05) is 24.9 Å². The van der Waals surface area contributed by atoms with Crippen LogP contribution >= 0.6 is 0 Å². The molecule has 10 nitrogen and oxygen atoms in total. The lowest BCUT2D eigenvalue weighted by molar-refractivity contribution is -0.139. The van der Waals surface area contributed by atoms with Crippen molar-refractivity contribution in [3.8, 4) is 11.6 Å². The standard InChI is InChI=1S/C34H38F3N7O3/c1-4-22-18-44(30(46)13-21-6-7-23(27(12-21)34(35,36)37)17-43-10-8-42(3)9-11-43)19-24-14-25(16-38-31(22)24)47-33-26-15-28(29(45)5-2)41-32(26)39-20-40-33/h6-7,12,14-16,20,22H,4-5,8-11,13,17-19H2,1-3H3,(H,39,40,41)/t22-/m0/s1. The molecule has 13 heteroatoms. The number of aromatic amines is 1. The van der Waals surface area contributed by atoms with Gasteiger partial charge in [-0.05, 0) is 48.4 Å². The number of carbonyl (C=O) groups is 2. The number of nitrogens with one attached hydrogen (secondary N) is 1. The minimum absolute atomic E-state index is 0.0357. The average molecular weight is 650 g/mol. The normalized spacial score (nSPS) is 17.6. The molecule has 1 amide bonds. The fourth-order valence-electron chi connectivity index (χ4n) is 6.30. The van der Waals surface area contributed by atoms with Gasteiger partial charge in [-0.2, -0.15) is 13.2 Å². The van der Waals surface area contributed by atoms with Gasteiger partial charge in [0.15, 0.2) is 5.78 Å². The zero-order chi connectivity index (χ0) is 33.3. The molecule has 1 aromatic carbocycles. The summed E-state index contributed by atoms with van der Waals surface area (Å²) in [5.74, 6) is 0.319. The second-order valence-corrected chi connectivity index (χ2v) is 12.3. The van der Waals surface area contributed by atoms with Gasteiger partial charge in [0.05, 0.1) is 35.0 Å². The molecule has 2 aliphatic rings. The quantitative estimate of drug-likeness (QED) is 0.234. The molecule has 1 fully saturated rings. The Balaban J connectivity index is 1.19. The van der Waals surface area contributed by atoms with E-state index in [9.17, 15) is 22.8 Å². The van der Waals surface area contributed by atoms with Gasteiger partial charge >= 0.3 is 6.18 Å². The van der Waals surface area contributed by atoms with Crippen LogP contribution in [0, 0.1) is 0 Å². The summed E-state index contributed by atoms with van der Waals surface area (Å²) in [6, 6.07) is 7.78. The summed E-state index contributed by atoms with van der Waals surface area (Å²) in [5.41, 5.74) is 2.43. The second kappa shape index (κ2) is 13.4. The van der Waals surface area contributed by atoms with Crippen molar-refractivity contribution in [3.63, 3.8) is 0 Å². The fraction of sp³-hybridized carbons (Fsp3) is 0.441. The zero-order valence-electron chi connectivity index (χ0n) is 26.7. The zero-order valence-corrected chi connectivity index (χ0v) is 26.7. The summed E-state index contributed by atoms with van der Waals surface area (Å²) in [5, 5.41) is 0.554. The molecule has 3 aromatic heterocycles. The molecule has 0 saturated carbocycles. The van der Waals surface area contributed by atoms with Crippen molar-refractivity contribution in [2.24, 2.45) is 0 Å². The van der Waals surface area contributed by atoms with E-state index in [0.717, 1.165) is 36.8 Å². The average Bonchev–Trinajstić information content (AvgIpc) is 3.50. The summed E-state index contributed by atoms with van der Waals surface area (Å²) in [6.45, 7) is 7.73. The number of likely N-dealkylation sites (N-methyl/N-ethyl adjacent to an activating group) is 1. The van der Waals surface area contributed by atoms with Crippen LogP contribution in [-0.4, -0.2) is 86.1 Å². The van der Waals surface area contributed by atoms with Gasteiger partial charge < -0.3 is 19.5 Å². The van der Waals surface area contributed by atoms with E-state index in [-0.39, 0.29) is 48.6 Å². The highest BCUT2D eigenvalue weighted by atomic mass is 19.4. The fourth-order valence-corrected chi connectivity index (χ4v) is 6.30. The van der Waals surface area contributed by atoms with E-state index in [1.54, 1.807) is 30.2 Å². The summed E-state index contributed by atoms with van der Waals surface area (Å²) >= 11 is 0. The predicted molar refractivity (Wildman–Crippen MR) is 169 cm³/mol. The van der Waals surface area contributed by atoms with Crippen molar-refractivity contribution in [1.82, 2.24) is 34.6 Å². The van der Waals surface area contributed by atoms with Crippen molar-refractivity contribution in [1.29, 1.82) is 0 Å². The highest BCUT2D eigenvalue weighted by Crippen LogP contribution is 2.36. The van der Waals surface area contributed by atoms with Crippen LogP contribution in [0.2, 0.25) is 0 Å². The predicted octanol–water partition coefficient (Wildman–Crippen LogP) is 5.58. The van der Waals surface area contributed by atoms with Crippen molar-refractivity contribution in [3.05, 3.63) is 76.5 Å². The van der Waals surface area contributed by atoms with Crippen LogP contribution in [-0.2, 0) is 30.5 Å². The Kier molecular flexibility index (Phi) is 9.29. The van der Waals surface area contributed by atoms with E-state index in [2.05, 4.69) is 24.8 Å². The number of aromatic nitrogens is 4. The van der Waals surface area contributed by atoms with Gasteiger partial charge in [-0.1, -0.05) is 26.0 Å². The first-order valence-electron chi connectivity index (χ1n) is 15.9. The molecule has 6 rings (SSSR count). The lowest BCUT2D eigenvalue weighted by Gasteiger charge is -2.34. The van der Waals surface area contributed by atoms with Crippen LogP contribution in [0.15, 0.2) is 42.9 Å². The summed E-state index contributed by atoms with van der Waals surface area (Å²) in [4.78, 5) is 47.8. The van der Waals surface area contributed by atoms with Crippen LogP contribution in [0.25, 0.3) is 11.0 Å². The Hall–Kier alpha value is -4.36. The van der Waals surface area contributed by atoms with Gasteiger partial charge in [0, 0.05) is 58.2 Å². The molecule has 248 valence electrons. The number of rotatable bonds is 9. The van der Waals surface area contributed by atoms with E-state index in [4.69, 9.17) is 4.74 Å². The minimum atomic E-state index is -4.52. The van der Waals surface area contributed by atoms with Crippen LogP contribution in [0.4, 0.5) is 13.2 Å². The Morgan fingerprint density at radius 3 is 2.55 bits per heavy atom. The molecule has 0 aliphatic carbocycles. The van der Waals surface area contributed by atoms with Crippen LogP contribution in [0.3, 0.4) is 0 Å². The number of H-pyrrole nitrogens is 1. The topological polar surface area (TPSA) is 108 Å². The van der Waals surface area contributed by atoms with Gasteiger partial charge in [0.2, 0.25) is 11.8 Å². The maximum atomic E-state index is 14.2. The maximum absolute atomic E-state index is 14.2. The number of alkyl halides is 3. The van der Waals surface area contributed by atoms with E-state index < -0.39 is 11.7 Å². The summed E-state index contributed by atoms with van der Waals surface area (Å²) < 4.78 is 48.6. The highest BCUT2D eigenvalue weighted by molar-refractivity contribution is 5.99. The van der Waals surface area contributed by atoms with Gasteiger partial charge in [0.1, 0.15) is 17.7 Å². The third kappa shape index (κ3) is 7.15. The van der Waals surface area contributed by atoms with E-state index >= 15 is 0 Å². The number of halogens is 3. The van der Waals surface area contributed by atoms with Crippen molar-refractivity contribution >= 4 is 22.7 Å². The number of hydrogen-bond acceptors (Lipinski definition) is 8. The molecule has 1 N–H and O–H groups in total. The molecular formula is C34H38F3N7O3. The first-order chi connectivity index (χ1) is 22.5. The number of piperazine rings is 1. The Morgan fingerprint density at radius 2 is 1.83 bits per heavy atom. The maximum Gasteiger partial charge on any atom is 0.416 e. The molecule has 0 unspecified atom stereocenters. The molecule has 0 spiro atoms. The third-order valence-electron chi connectivity index (χ3n) is 9.06. The molecule has 2 aliphatic heterocycles. The second-order valence-electron chi connectivity index (χ2n) is 12.3. The number of benzene rings is 1. The number of nitrogens with zero attached hydrogens (tertiary/aromatic N) is 6. The largest absolute Gasteiger partial charge is 0.437 e. The Labute approximate surface area is 271 Å². The smallest absolute Gasteiger partial charge is 0.416 e. The SMILES string of the molecule is CCC(=O)c1cc2c(Oc3cnc4c(c3)CN(C(=O)Cc3ccc(CN5CCN(C)CC5)c(C(F)(F)F)c3)C[C@@H]4CC)ncnc2[nH]1. The third-order valence-corrected chi connectivity index (χ3v) is 9.06. The van der Waals surface area contributed by atoms with Gasteiger partial charge in [0.25, 0.3) is 0 Å². The van der Waals surface area contributed by atoms with E-state index in [0.29, 0.717) is 54.1 Å². The molecule has 47 heavy (non-hydrogen) atoms. The van der Waals surface area contributed by atoms with Crippen LogP contribution < -0.4 is 4.74 Å². The number of Topliss-reactive ketones (excluding diaryl/α,β-unsaturated/α-hetero) is 1. The molecule has 4 aromatic rings. The molecular weight excluding hydrogens is 611 g/mol. The van der Waals surface area contributed by atoms with Crippen LogP contribution in [0.5, 0.6) is 11.6 Å². The van der Waals surface area contributed by atoms with Crippen molar-refractivity contribution in [2.45, 2.75) is 58.3 Å². The summed E-state index contributed by atoms with van der Waals surface area (Å²) in [6.07, 6.45) is -0.642. The minimum Gasteiger partial charge on any atom is -0.437 e. The van der Waals surface area contributed by atoms with Crippen molar-refractivity contribution in [2.75, 3.05) is 39.8 Å². The first-order valence-corrected chi connectivity index (χ1v) is 15.9. The number of ether oxygens (including phenoxy) is 1. The number of carbonyl (C=O) groups excluding carboxylic acids is 2. The number of hydrogen-bond donors (Lipinski definition) is 1. The Bertz CT molecular complexity index is 1780.